The van der Waals surface area contributed by atoms with Crippen molar-refractivity contribution >= 4 is 10.8 Å². The van der Waals surface area contributed by atoms with Crippen LogP contribution in [-0.2, 0) is 0 Å². The second kappa shape index (κ2) is 12.9. The van der Waals surface area contributed by atoms with Gasteiger partial charge in [-0.2, -0.15) is 0 Å². The first-order valence-corrected chi connectivity index (χ1v) is 17.8. The molecule has 0 saturated heterocycles. The van der Waals surface area contributed by atoms with Crippen molar-refractivity contribution in [2.24, 2.45) is 0 Å². The van der Waals surface area contributed by atoms with Crippen molar-refractivity contribution in [2.45, 2.75) is 0 Å². The molecule has 0 fully saturated rings. The first-order valence-electron chi connectivity index (χ1n) is 17.8. The van der Waals surface area contributed by atoms with E-state index in [9.17, 15) is 0 Å². The van der Waals surface area contributed by atoms with Crippen LogP contribution in [0.25, 0.3) is 89.4 Å². The Hall–Kier alpha value is -7.17. The molecule has 0 N–H and O–H groups in total. The highest BCUT2D eigenvalue weighted by Crippen LogP contribution is 2.51. The van der Waals surface area contributed by atoms with Crippen molar-refractivity contribution < 1.29 is 4.74 Å². The predicted molar refractivity (Wildman–Crippen MR) is 215 cm³/mol. The van der Waals surface area contributed by atoms with Crippen molar-refractivity contribution in [3.63, 3.8) is 0 Å². The van der Waals surface area contributed by atoms with E-state index in [1.54, 1.807) is 0 Å². The minimum absolute atomic E-state index is 0.556. The van der Waals surface area contributed by atoms with Crippen LogP contribution in [0.3, 0.4) is 0 Å². The van der Waals surface area contributed by atoms with Crippen LogP contribution in [-0.4, -0.2) is 15.0 Å². The van der Waals surface area contributed by atoms with Crippen molar-refractivity contribution in [3.8, 4) is 90.2 Å². The second-order valence-electron chi connectivity index (χ2n) is 13.2. The third kappa shape index (κ3) is 5.54. The molecule has 1 aliphatic heterocycles. The molecule has 1 aliphatic rings. The molecule has 0 bridgehead atoms. The van der Waals surface area contributed by atoms with Gasteiger partial charge in [-0.05, 0) is 68.6 Å². The molecule has 2 heterocycles. The van der Waals surface area contributed by atoms with Gasteiger partial charge >= 0.3 is 0 Å². The summed E-state index contributed by atoms with van der Waals surface area (Å²) in [6.07, 6.45) is 0. The molecule has 0 aliphatic carbocycles. The molecule has 0 atom stereocenters. The first kappa shape index (κ1) is 30.6. The molecule has 0 spiro atoms. The smallest absolute Gasteiger partial charge is 0.167 e. The summed E-state index contributed by atoms with van der Waals surface area (Å²) >= 11 is 0. The number of ether oxygens (including phenoxy) is 1. The van der Waals surface area contributed by atoms with Gasteiger partial charge in [0.05, 0.1) is 5.56 Å². The lowest BCUT2D eigenvalue weighted by atomic mass is 9.89. The predicted octanol–water partition coefficient (Wildman–Crippen LogP) is 12.8. The Morgan fingerprint density at radius 3 is 1.49 bits per heavy atom. The van der Waals surface area contributed by atoms with Gasteiger partial charge < -0.3 is 4.74 Å². The molecule has 9 aromatic rings. The van der Waals surface area contributed by atoms with Crippen LogP contribution < -0.4 is 4.74 Å². The van der Waals surface area contributed by atoms with Crippen molar-refractivity contribution in [2.75, 3.05) is 0 Å². The summed E-state index contributed by atoms with van der Waals surface area (Å²) in [7, 11) is 0. The summed E-state index contributed by atoms with van der Waals surface area (Å²) in [6, 6.07) is 65.1. The Morgan fingerprint density at radius 1 is 0.302 bits per heavy atom. The van der Waals surface area contributed by atoms with Crippen LogP contribution in [0.1, 0.15) is 0 Å². The summed E-state index contributed by atoms with van der Waals surface area (Å²) < 4.78 is 6.89. The van der Waals surface area contributed by atoms with E-state index in [2.05, 4.69) is 146 Å². The van der Waals surface area contributed by atoms with E-state index in [-0.39, 0.29) is 0 Å². The van der Waals surface area contributed by atoms with E-state index in [1.807, 2.05) is 42.5 Å². The van der Waals surface area contributed by atoms with Gasteiger partial charge in [-0.3, -0.25) is 0 Å². The average Bonchev–Trinajstić information content (AvgIpc) is 3.24. The fourth-order valence-corrected chi connectivity index (χ4v) is 7.39. The first-order chi connectivity index (χ1) is 26.3. The second-order valence-corrected chi connectivity index (χ2v) is 13.2. The molecule has 0 radical (unpaired) electrons. The van der Waals surface area contributed by atoms with E-state index < -0.39 is 0 Å². The normalized spacial score (nSPS) is 11.5. The van der Waals surface area contributed by atoms with Crippen LogP contribution in [0, 0.1) is 0 Å². The lowest BCUT2D eigenvalue weighted by molar-refractivity contribution is 0.488. The van der Waals surface area contributed by atoms with Gasteiger partial charge in [-0.25, -0.2) is 15.0 Å². The minimum atomic E-state index is 0.556. The largest absolute Gasteiger partial charge is 0.455 e. The summed E-state index contributed by atoms with van der Waals surface area (Å²) in [5.41, 5.74) is 11.7. The topological polar surface area (TPSA) is 47.9 Å². The lowest BCUT2D eigenvalue weighted by Gasteiger charge is -2.24. The van der Waals surface area contributed by atoms with Crippen LogP contribution in [0.4, 0.5) is 0 Å². The van der Waals surface area contributed by atoms with Gasteiger partial charge in [0, 0.05) is 22.1 Å². The van der Waals surface area contributed by atoms with E-state index in [0.717, 1.165) is 66.8 Å². The van der Waals surface area contributed by atoms with Gasteiger partial charge in [0.2, 0.25) is 0 Å². The standard InChI is InChI=1S/C49H31N3O/c1-4-14-32(15-5-1)35-20-10-22-37(30-35)39-28-29-44-45-40(39)24-12-25-41(45)42-26-13-27-43(46(42)53-44)49-51-47(34-18-8-3-9-19-34)50-48(52-49)38-23-11-21-36(31-38)33-16-6-2-7-17-33/h1-31H. The summed E-state index contributed by atoms with van der Waals surface area (Å²) in [5.74, 6) is 3.31. The van der Waals surface area contributed by atoms with Crippen LogP contribution in [0.2, 0.25) is 0 Å². The monoisotopic (exact) mass is 677 g/mol. The van der Waals surface area contributed by atoms with Gasteiger partial charge in [-0.1, -0.05) is 164 Å². The molecular formula is C49H31N3O. The van der Waals surface area contributed by atoms with Crippen LogP contribution in [0.15, 0.2) is 188 Å². The Kier molecular flexibility index (Phi) is 7.43. The molecule has 8 aromatic carbocycles. The number of fused-ring (bicyclic) bond motifs is 2. The quantitative estimate of drug-likeness (QED) is 0.176. The molecule has 0 saturated carbocycles. The van der Waals surface area contributed by atoms with E-state index >= 15 is 0 Å². The third-order valence-electron chi connectivity index (χ3n) is 9.94. The highest BCUT2D eigenvalue weighted by Gasteiger charge is 2.26. The molecule has 0 unspecified atom stereocenters. The maximum Gasteiger partial charge on any atom is 0.167 e. The average molecular weight is 678 g/mol. The molecule has 4 nitrogen and oxygen atoms in total. The van der Waals surface area contributed by atoms with Gasteiger partial charge in [0.25, 0.3) is 0 Å². The number of nitrogens with zero attached hydrogens (tertiary/aromatic N) is 3. The summed E-state index contributed by atoms with van der Waals surface area (Å²) in [6.45, 7) is 0. The van der Waals surface area contributed by atoms with E-state index in [1.165, 1.54) is 16.7 Å². The number of para-hydroxylation sites is 1. The Bertz CT molecular complexity index is 2800. The Morgan fingerprint density at radius 2 is 0.792 bits per heavy atom. The maximum absolute atomic E-state index is 6.89. The van der Waals surface area contributed by atoms with E-state index in [4.69, 9.17) is 19.7 Å². The Labute approximate surface area is 307 Å². The zero-order valence-corrected chi connectivity index (χ0v) is 28.6. The lowest BCUT2D eigenvalue weighted by Crippen LogP contribution is -2.04. The van der Waals surface area contributed by atoms with Gasteiger partial charge in [0.15, 0.2) is 17.5 Å². The highest BCUT2D eigenvalue weighted by atomic mass is 16.5. The van der Waals surface area contributed by atoms with Crippen LogP contribution in [0.5, 0.6) is 11.5 Å². The molecule has 0 amide bonds. The van der Waals surface area contributed by atoms with Crippen molar-refractivity contribution in [1.82, 2.24) is 15.0 Å². The molecule has 10 rings (SSSR count). The Balaban J connectivity index is 1.11. The number of benzene rings is 8. The number of hydrogen-bond acceptors (Lipinski definition) is 4. The van der Waals surface area contributed by atoms with Crippen molar-refractivity contribution in [3.05, 3.63) is 188 Å². The molecule has 1 aromatic heterocycles. The molecule has 4 heteroatoms. The third-order valence-corrected chi connectivity index (χ3v) is 9.94. The zero-order chi connectivity index (χ0) is 35.1. The summed E-state index contributed by atoms with van der Waals surface area (Å²) in [4.78, 5) is 15.2. The number of hydrogen-bond donors (Lipinski definition) is 0. The van der Waals surface area contributed by atoms with Crippen molar-refractivity contribution in [1.29, 1.82) is 0 Å². The fourth-order valence-electron chi connectivity index (χ4n) is 7.39. The summed E-state index contributed by atoms with van der Waals surface area (Å²) in [5, 5.41) is 2.24. The molecule has 248 valence electrons. The zero-order valence-electron chi connectivity index (χ0n) is 28.6. The SMILES string of the molecule is c1ccc(-c2cccc(-c3nc(-c4ccccc4)nc(-c4cccc5c4Oc4ccc(-c6cccc(-c7ccccc7)c6)c6cccc-5c46)n3)c2)cc1. The minimum Gasteiger partial charge on any atom is -0.455 e. The number of aromatic nitrogens is 3. The fraction of sp³-hybridized carbons (Fsp3) is 0. The molecule has 53 heavy (non-hydrogen) atoms. The van der Waals surface area contributed by atoms with Gasteiger partial charge in [0.1, 0.15) is 11.5 Å². The van der Waals surface area contributed by atoms with Crippen LogP contribution >= 0.6 is 0 Å². The highest BCUT2D eigenvalue weighted by molar-refractivity contribution is 6.10. The molecular weight excluding hydrogens is 647 g/mol. The van der Waals surface area contributed by atoms with E-state index in [0.29, 0.717) is 17.5 Å². The number of rotatable bonds is 6. The maximum atomic E-state index is 6.89. The van der Waals surface area contributed by atoms with Gasteiger partial charge in [-0.15, -0.1) is 0 Å².